The fourth-order valence-corrected chi connectivity index (χ4v) is 2.37. The van der Waals surface area contributed by atoms with Crippen LogP contribution in [0.15, 0.2) is 53.4 Å². The van der Waals surface area contributed by atoms with Crippen LogP contribution >= 0.6 is 11.8 Å². The molecule has 0 aliphatic rings. The number of aryl methyl sites for hydroxylation is 1. The predicted molar refractivity (Wildman–Crippen MR) is 90.1 cm³/mol. The Morgan fingerprint density at radius 2 is 1.62 bits per heavy atom. The number of amides is 2. The Hall–Kier alpha value is -2.54. The van der Waals surface area contributed by atoms with Gasteiger partial charge in [-0.2, -0.15) is 0 Å². The van der Waals surface area contributed by atoms with Crippen molar-refractivity contribution < 1.29 is 18.7 Å². The highest BCUT2D eigenvalue weighted by molar-refractivity contribution is 8.00. The number of benzene rings is 2. The molecule has 0 fully saturated rings. The van der Waals surface area contributed by atoms with Gasteiger partial charge in [-0.1, -0.05) is 17.7 Å². The largest absolute Gasteiger partial charge is 0.484 e. The first-order valence-electron chi connectivity index (χ1n) is 7.18. The Labute approximate surface area is 143 Å². The lowest BCUT2D eigenvalue weighted by Crippen LogP contribution is -2.44. The summed E-state index contributed by atoms with van der Waals surface area (Å²) in [4.78, 5) is 24.2. The Balaban J connectivity index is 1.64. The summed E-state index contributed by atoms with van der Waals surface area (Å²) in [6.45, 7) is 1.71. The zero-order valence-corrected chi connectivity index (χ0v) is 13.9. The van der Waals surface area contributed by atoms with E-state index in [9.17, 15) is 14.0 Å². The van der Waals surface area contributed by atoms with Crippen LogP contribution in [0.3, 0.4) is 0 Å². The smallest absolute Gasteiger partial charge is 0.276 e. The van der Waals surface area contributed by atoms with Gasteiger partial charge in [-0.15, -0.1) is 11.8 Å². The maximum absolute atomic E-state index is 12.7. The third-order valence-electron chi connectivity index (χ3n) is 2.92. The number of carbonyl (C=O) groups is 2. The van der Waals surface area contributed by atoms with E-state index in [4.69, 9.17) is 4.74 Å². The lowest BCUT2D eigenvalue weighted by molar-refractivity contribution is -0.128. The SMILES string of the molecule is Cc1ccc(SCC(=O)NNC(=O)COc2ccc(F)cc2)cc1. The highest BCUT2D eigenvalue weighted by Gasteiger charge is 2.06. The molecule has 2 amide bonds. The third-order valence-corrected chi connectivity index (χ3v) is 3.93. The molecular weight excluding hydrogens is 331 g/mol. The summed E-state index contributed by atoms with van der Waals surface area (Å²) in [5.41, 5.74) is 5.72. The van der Waals surface area contributed by atoms with Crippen molar-refractivity contribution in [3.63, 3.8) is 0 Å². The van der Waals surface area contributed by atoms with Gasteiger partial charge >= 0.3 is 0 Å². The summed E-state index contributed by atoms with van der Waals surface area (Å²) >= 11 is 1.37. The van der Waals surface area contributed by atoms with E-state index in [1.165, 1.54) is 36.0 Å². The molecule has 0 radical (unpaired) electrons. The van der Waals surface area contributed by atoms with Gasteiger partial charge in [0.1, 0.15) is 11.6 Å². The minimum Gasteiger partial charge on any atom is -0.484 e. The quantitative estimate of drug-likeness (QED) is 0.622. The lowest BCUT2D eigenvalue weighted by atomic mass is 10.2. The molecular formula is C17H17FN2O3S. The maximum Gasteiger partial charge on any atom is 0.276 e. The van der Waals surface area contributed by atoms with E-state index in [2.05, 4.69) is 10.9 Å². The van der Waals surface area contributed by atoms with Crippen molar-refractivity contribution in [2.45, 2.75) is 11.8 Å². The number of hydrogen-bond donors (Lipinski definition) is 2. The standard InChI is InChI=1S/C17H17FN2O3S/c1-12-2-8-15(9-3-12)24-11-17(22)20-19-16(21)10-23-14-6-4-13(18)5-7-14/h2-9H,10-11H2,1H3,(H,19,21)(H,20,22). The molecule has 0 aliphatic carbocycles. The van der Waals surface area contributed by atoms with Crippen LogP contribution in [0.1, 0.15) is 5.56 Å². The first kappa shape index (κ1) is 17.8. The van der Waals surface area contributed by atoms with Crippen molar-refractivity contribution in [3.8, 4) is 5.75 Å². The van der Waals surface area contributed by atoms with E-state index < -0.39 is 5.91 Å². The number of nitrogens with one attached hydrogen (secondary N) is 2. The van der Waals surface area contributed by atoms with Crippen LogP contribution in [0.5, 0.6) is 5.75 Å². The van der Waals surface area contributed by atoms with E-state index in [-0.39, 0.29) is 24.1 Å². The van der Waals surface area contributed by atoms with Gasteiger partial charge in [0.15, 0.2) is 6.61 Å². The highest BCUT2D eigenvalue weighted by atomic mass is 32.2. The molecule has 2 aromatic rings. The molecule has 0 aromatic heterocycles. The van der Waals surface area contributed by atoms with Crippen molar-refractivity contribution >= 4 is 23.6 Å². The third kappa shape index (κ3) is 6.29. The van der Waals surface area contributed by atoms with Crippen molar-refractivity contribution in [1.82, 2.24) is 10.9 Å². The molecule has 2 aromatic carbocycles. The highest BCUT2D eigenvalue weighted by Crippen LogP contribution is 2.17. The van der Waals surface area contributed by atoms with Gasteiger partial charge in [0.05, 0.1) is 5.75 Å². The van der Waals surface area contributed by atoms with Crippen molar-refractivity contribution in [1.29, 1.82) is 0 Å². The fraction of sp³-hybridized carbons (Fsp3) is 0.176. The first-order chi connectivity index (χ1) is 11.5. The molecule has 0 spiro atoms. The summed E-state index contributed by atoms with van der Waals surface area (Å²) in [5, 5.41) is 0. The topological polar surface area (TPSA) is 67.4 Å². The van der Waals surface area contributed by atoms with Gasteiger partial charge in [0.25, 0.3) is 5.91 Å². The van der Waals surface area contributed by atoms with E-state index >= 15 is 0 Å². The first-order valence-corrected chi connectivity index (χ1v) is 8.17. The molecule has 2 N–H and O–H groups in total. The Morgan fingerprint density at radius 1 is 1.00 bits per heavy atom. The molecule has 5 nitrogen and oxygen atoms in total. The maximum atomic E-state index is 12.7. The van der Waals surface area contributed by atoms with Crippen LogP contribution in [0.4, 0.5) is 4.39 Å². The molecule has 0 aliphatic heterocycles. The zero-order valence-electron chi connectivity index (χ0n) is 13.0. The van der Waals surface area contributed by atoms with Gasteiger partial charge in [0, 0.05) is 4.90 Å². The number of thioether (sulfide) groups is 1. The molecule has 0 saturated heterocycles. The van der Waals surface area contributed by atoms with Crippen LogP contribution in [-0.4, -0.2) is 24.2 Å². The number of carbonyl (C=O) groups excluding carboxylic acids is 2. The van der Waals surface area contributed by atoms with Crippen LogP contribution in [-0.2, 0) is 9.59 Å². The molecule has 126 valence electrons. The summed E-state index contributed by atoms with van der Waals surface area (Å²) < 4.78 is 17.9. The molecule has 24 heavy (non-hydrogen) atoms. The average Bonchev–Trinajstić information content (AvgIpc) is 2.59. The summed E-state index contributed by atoms with van der Waals surface area (Å²) in [6.07, 6.45) is 0. The van der Waals surface area contributed by atoms with Gasteiger partial charge in [-0.05, 0) is 43.3 Å². The number of hydrogen-bond acceptors (Lipinski definition) is 4. The van der Waals surface area contributed by atoms with Crippen molar-refractivity contribution in [2.24, 2.45) is 0 Å². The summed E-state index contributed by atoms with van der Waals surface area (Å²) in [5.74, 6) is -0.663. The number of hydrazine groups is 1. The van der Waals surface area contributed by atoms with Gasteiger partial charge < -0.3 is 4.74 Å². The number of ether oxygens (including phenoxy) is 1. The van der Waals surface area contributed by atoms with Gasteiger partial charge in [-0.3, -0.25) is 20.4 Å². The fourth-order valence-electron chi connectivity index (χ4n) is 1.67. The summed E-state index contributed by atoms with van der Waals surface area (Å²) in [7, 11) is 0. The number of halogens is 1. The number of rotatable bonds is 6. The van der Waals surface area contributed by atoms with E-state index in [1.807, 2.05) is 31.2 Å². The van der Waals surface area contributed by atoms with Crippen molar-refractivity contribution in [2.75, 3.05) is 12.4 Å². The minimum atomic E-state index is -0.506. The molecule has 0 heterocycles. The van der Waals surface area contributed by atoms with E-state index in [0.717, 1.165) is 10.5 Å². The van der Waals surface area contributed by atoms with Crippen LogP contribution in [0, 0.1) is 12.7 Å². The van der Waals surface area contributed by atoms with Crippen LogP contribution in [0.25, 0.3) is 0 Å². The zero-order chi connectivity index (χ0) is 17.4. The van der Waals surface area contributed by atoms with Crippen LogP contribution in [0.2, 0.25) is 0 Å². The van der Waals surface area contributed by atoms with Gasteiger partial charge in [0.2, 0.25) is 5.91 Å². The molecule has 0 unspecified atom stereocenters. The second kappa shape index (κ2) is 8.93. The Bertz CT molecular complexity index is 628. The van der Waals surface area contributed by atoms with E-state index in [0.29, 0.717) is 5.75 Å². The normalized spacial score (nSPS) is 10.1. The molecule has 7 heteroatoms. The van der Waals surface area contributed by atoms with Crippen molar-refractivity contribution in [3.05, 3.63) is 59.9 Å². The van der Waals surface area contributed by atoms with E-state index in [1.54, 1.807) is 0 Å². The summed E-state index contributed by atoms with van der Waals surface area (Å²) in [6, 6.07) is 13.1. The average molecular weight is 348 g/mol. The molecule has 0 bridgehead atoms. The predicted octanol–water partition coefficient (Wildman–Crippen LogP) is 2.45. The molecule has 0 saturated carbocycles. The minimum absolute atomic E-state index is 0.183. The molecule has 0 atom stereocenters. The van der Waals surface area contributed by atoms with Crippen LogP contribution < -0.4 is 15.6 Å². The second-order valence-corrected chi connectivity index (χ2v) is 5.99. The second-order valence-electron chi connectivity index (χ2n) is 4.94. The Morgan fingerprint density at radius 3 is 2.29 bits per heavy atom. The van der Waals surface area contributed by atoms with Gasteiger partial charge in [-0.25, -0.2) is 4.39 Å². The Kier molecular flexibility index (Phi) is 6.62. The lowest BCUT2D eigenvalue weighted by Gasteiger charge is -2.09. The molecule has 2 rings (SSSR count). The monoisotopic (exact) mass is 348 g/mol.